The summed E-state index contributed by atoms with van der Waals surface area (Å²) in [6, 6.07) is 14.0. The van der Waals surface area contributed by atoms with E-state index in [4.69, 9.17) is 17.4 Å². The molecular weight excluding hydrogens is 406 g/mol. The first-order valence-electron chi connectivity index (χ1n) is 7.90. The molecule has 0 saturated carbocycles. The molecular formula is C17H18ClN5O2S2. The molecule has 0 atom stereocenters. The third-order valence-corrected chi connectivity index (χ3v) is 6.89. The van der Waals surface area contributed by atoms with Gasteiger partial charge in [0.05, 0.1) is 4.90 Å². The summed E-state index contributed by atoms with van der Waals surface area (Å²) in [5, 5.41) is 9.41. The highest BCUT2D eigenvalue weighted by atomic mass is 35.5. The van der Waals surface area contributed by atoms with Crippen molar-refractivity contribution in [2.24, 2.45) is 0 Å². The fourth-order valence-electron chi connectivity index (χ4n) is 2.33. The van der Waals surface area contributed by atoms with Crippen LogP contribution in [0.5, 0.6) is 0 Å². The first-order valence-corrected chi connectivity index (χ1v) is 10.7. The van der Waals surface area contributed by atoms with Gasteiger partial charge in [0.2, 0.25) is 15.2 Å². The van der Waals surface area contributed by atoms with E-state index >= 15 is 0 Å². The number of rotatable bonds is 6. The molecule has 2 N–H and O–H groups in total. The average Bonchev–Trinajstić information content (AvgIpc) is 3.01. The van der Waals surface area contributed by atoms with E-state index < -0.39 is 10.0 Å². The third-order valence-electron chi connectivity index (χ3n) is 3.81. The molecule has 0 saturated heterocycles. The van der Waals surface area contributed by atoms with Crippen molar-refractivity contribution in [2.75, 3.05) is 19.9 Å². The molecule has 1 aromatic heterocycles. The molecule has 0 fully saturated rings. The second-order valence-electron chi connectivity index (χ2n) is 5.91. The van der Waals surface area contributed by atoms with Crippen LogP contribution in [0, 0.1) is 0 Å². The maximum Gasteiger partial charge on any atom is 0.242 e. The Labute approximate surface area is 167 Å². The Kier molecular flexibility index (Phi) is 5.75. The van der Waals surface area contributed by atoms with Crippen LogP contribution >= 0.6 is 23.4 Å². The number of nitrogens with zero attached hydrogens (tertiary/aromatic N) is 4. The Morgan fingerprint density at radius 2 is 1.85 bits per heavy atom. The summed E-state index contributed by atoms with van der Waals surface area (Å²) < 4.78 is 27.1. The van der Waals surface area contributed by atoms with Gasteiger partial charge in [-0.1, -0.05) is 35.5 Å². The first kappa shape index (κ1) is 19.7. The zero-order chi connectivity index (χ0) is 19.6. The van der Waals surface area contributed by atoms with Gasteiger partial charge in [0, 0.05) is 30.4 Å². The molecule has 3 rings (SSSR count). The van der Waals surface area contributed by atoms with Crippen molar-refractivity contribution < 1.29 is 8.42 Å². The Morgan fingerprint density at radius 3 is 2.52 bits per heavy atom. The minimum Gasteiger partial charge on any atom is -0.335 e. The summed E-state index contributed by atoms with van der Waals surface area (Å²) in [6.07, 6.45) is 0. The fourth-order valence-corrected chi connectivity index (χ4v) is 4.22. The Morgan fingerprint density at radius 1 is 1.15 bits per heavy atom. The second kappa shape index (κ2) is 7.89. The number of halogens is 1. The van der Waals surface area contributed by atoms with Gasteiger partial charge in [-0.3, -0.25) is 0 Å². The lowest BCUT2D eigenvalue weighted by Gasteiger charge is -2.12. The van der Waals surface area contributed by atoms with Crippen molar-refractivity contribution in [3.05, 3.63) is 59.1 Å². The third kappa shape index (κ3) is 4.27. The minimum atomic E-state index is -3.47. The predicted octanol–water partition coefficient (Wildman–Crippen LogP) is 2.85. The number of nitrogen functional groups attached to an aromatic ring is 1. The highest BCUT2D eigenvalue weighted by Crippen LogP contribution is 2.26. The monoisotopic (exact) mass is 423 g/mol. The molecule has 7 nitrogen and oxygen atoms in total. The maximum absolute atomic E-state index is 12.3. The second-order valence-corrected chi connectivity index (χ2v) is 9.44. The summed E-state index contributed by atoms with van der Waals surface area (Å²) in [6.45, 7) is 0. The molecule has 0 aliphatic carbocycles. The normalized spacial score (nSPS) is 11.9. The molecule has 0 aliphatic rings. The average molecular weight is 424 g/mol. The van der Waals surface area contributed by atoms with E-state index in [-0.39, 0.29) is 4.90 Å². The van der Waals surface area contributed by atoms with Crippen molar-refractivity contribution in [3.8, 4) is 11.4 Å². The first-order chi connectivity index (χ1) is 12.8. The maximum atomic E-state index is 12.3. The molecule has 0 spiro atoms. The highest BCUT2D eigenvalue weighted by molar-refractivity contribution is 7.98. The van der Waals surface area contributed by atoms with E-state index in [1.54, 1.807) is 30.3 Å². The SMILES string of the molecule is CN(C)S(=O)(=O)c1cccc(CSc2nnc(-c3ccc(Cl)cc3)n2N)c1. The van der Waals surface area contributed by atoms with Crippen LogP contribution in [0.15, 0.2) is 58.6 Å². The number of thioether (sulfide) groups is 1. The molecule has 0 radical (unpaired) electrons. The van der Waals surface area contributed by atoms with Crippen LogP contribution in [0.1, 0.15) is 5.56 Å². The Balaban J connectivity index is 1.77. The number of nitrogens with two attached hydrogens (primary N) is 1. The molecule has 1 heterocycles. The summed E-state index contributed by atoms with van der Waals surface area (Å²) in [5.74, 6) is 7.14. The zero-order valence-electron chi connectivity index (χ0n) is 14.7. The van der Waals surface area contributed by atoms with Gasteiger partial charge in [-0.25, -0.2) is 17.4 Å². The van der Waals surface area contributed by atoms with Crippen LogP contribution in [0.4, 0.5) is 0 Å². The number of benzene rings is 2. The summed E-state index contributed by atoms with van der Waals surface area (Å²) >= 11 is 7.28. The van der Waals surface area contributed by atoms with Crippen molar-refractivity contribution in [3.63, 3.8) is 0 Å². The quantitative estimate of drug-likeness (QED) is 0.484. The lowest BCUT2D eigenvalue weighted by Crippen LogP contribution is -2.22. The topological polar surface area (TPSA) is 94.1 Å². The van der Waals surface area contributed by atoms with Gasteiger partial charge < -0.3 is 5.84 Å². The molecule has 0 amide bonds. The van der Waals surface area contributed by atoms with Gasteiger partial charge in [-0.05, 0) is 42.0 Å². The van der Waals surface area contributed by atoms with Gasteiger partial charge in [-0.2, -0.15) is 0 Å². The molecule has 0 unspecified atom stereocenters. The fraction of sp³-hybridized carbons (Fsp3) is 0.176. The molecule has 0 aliphatic heterocycles. The van der Waals surface area contributed by atoms with E-state index in [0.717, 1.165) is 11.1 Å². The van der Waals surface area contributed by atoms with Gasteiger partial charge in [0.1, 0.15) is 0 Å². The van der Waals surface area contributed by atoms with Crippen LogP contribution < -0.4 is 5.84 Å². The molecule has 3 aromatic rings. The number of sulfonamides is 1. The highest BCUT2D eigenvalue weighted by Gasteiger charge is 2.18. The lowest BCUT2D eigenvalue weighted by molar-refractivity contribution is 0.520. The number of hydrogen-bond acceptors (Lipinski definition) is 6. The van der Waals surface area contributed by atoms with Crippen LogP contribution in [-0.4, -0.2) is 41.7 Å². The smallest absolute Gasteiger partial charge is 0.242 e. The largest absolute Gasteiger partial charge is 0.335 e. The molecule has 2 aromatic carbocycles. The summed E-state index contributed by atoms with van der Waals surface area (Å²) in [5.41, 5.74) is 1.65. The van der Waals surface area contributed by atoms with E-state index in [0.29, 0.717) is 21.8 Å². The van der Waals surface area contributed by atoms with Gasteiger partial charge in [0.25, 0.3) is 0 Å². The van der Waals surface area contributed by atoms with E-state index in [1.165, 1.54) is 34.8 Å². The van der Waals surface area contributed by atoms with Crippen molar-refractivity contribution >= 4 is 33.4 Å². The van der Waals surface area contributed by atoms with Crippen LogP contribution in [0.2, 0.25) is 5.02 Å². The number of aromatic nitrogens is 3. The standard InChI is InChI=1S/C17H18ClN5O2S2/c1-22(2)27(24,25)15-5-3-4-12(10-15)11-26-17-21-20-16(23(17)19)13-6-8-14(18)9-7-13/h3-10H,11,19H2,1-2H3. The molecule has 27 heavy (non-hydrogen) atoms. The van der Waals surface area contributed by atoms with Crippen LogP contribution in [0.3, 0.4) is 0 Å². The predicted molar refractivity (Wildman–Crippen MR) is 107 cm³/mol. The molecule has 0 bridgehead atoms. The van der Waals surface area contributed by atoms with Crippen molar-refractivity contribution in [2.45, 2.75) is 15.8 Å². The Bertz CT molecular complexity index is 1050. The summed E-state index contributed by atoms with van der Waals surface area (Å²) in [7, 11) is -0.459. The zero-order valence-corrected chi connectivity index (χ0v) is 17.1. The van der Waals surface area contributed by atoms with Crippen LogP contribution in [0.25, 0.3) is 11.4 Å². The van der Waals surface area contributed by atoms with E-state index in [1.807, 2.05) is 18.2 Å². The molecule has 10 heteroatoms. The summed E-state index contributed by atoms with van der Waals surface area (Å²) in [4.78, 5) is 0.252. The van der Waals surface area contributed by atoms with Crippen LogP contribution in [-0.2, 0) is 15.8 Å². The van der Waals surface area contributed by atoms with Crippen molar-refractivity contribution in [1.29, 1.82) is 0 Å². The van der Waals surface area contributed by atoms with Gasteiger partial charge >= 0.3 is 0 Å². The molecule has 142 valence electrons. The van der Waals surface area contributed by atoms with Crippen molar-refractivity contribution in [1.82, 2.24) is 19.2 Å². The lowest BCUT2D eigenvalue weighted by atomic mass is 10.2. The minimum absolute atomic E-state index is 0.252. The number of hydrogen-bond donors (Lipinski definition) is 1. The van der Waals surface area contributed by atoms with Gasteiger partial charge in [0.15, 0.2) is 5.82 Å². The van der Waals surface area contributed by atoms with Gasteiger partial charge in [-0.15, -0.1) is 10.2 Å². The Hall–Kier alpha value is -2.07. The van der Waals surface area contributed by atoms with E-state index in [2.05, 4.69) is 10.2 Å². The van der Waals surface area contributed by atoms with E-state index in [9.17, 15) is 8.42 Å².